The first-order valence-electron chi connectivity index (χ1n) is 7.75. The van der Waals surface area contributed by atoms with Crippen molar-refractivity contribution in [2.75, 3.05) is 5.32 Å². The minimum Gasteiger partial charge on any atom is -0.506 e. The van der Waals surface area contributed by atoms with Crippen LogP contribution in [0, 0.1) is 16.0 Å². The second kappa shape index (κ2) is 5.63. The van der Waals surface area contributed by atoms with Gasteiger partial charge >= 0.3 is 0 Å². The molecule has 2 aromatic rings. The van der Waals surface area contributed by atoms with E-state index in [1.807, 2.05) is 6.07 Å². The highest BCUT2D eigenvalue weighted by Gasteiger charge is 2.40. The van der Waals surface area contributed by atoms with Crippen LogP contribution < -0.4 is 5.32 Å². The Morgan fingerprint density at radius 2 is 1.96 bits per heavy atom. The van der Waals surface area contributed by atoms with Crippen LogP contribution in [0.4, 0.5) is 11.4 Å². The van der Waals surface area contributed by atoms with Gasteiger partial charge in [0, 0.05) is 28.1 Å². The van der Waals surface area contributed by atoms with Crippen LogP contribution in [0.1, 0.15) is 29.5 Å². The molecule has 1 heterocycles. The van der Waals surface area contributed by atoms with Gasteiger partial charge in [0.15, 0.2) is 0 Å². The number of phenols is 1. The molecule has 0 aromatic heterocycles. The highest BCUT2D eigenvalue weighted by atomic mass is 79.9. The summed E-state index contributed by atoms with van der Waals surface area (Å²) in [7, 11) is 0. The molecule has 4 rings (SSSR count). The third-order valence-corrected chi connectivity index (χ3v) is 5.60. The summed E-state index contributed by atoms with van der Waals surface area (Å²) in [6.07, 6.45) is 5.29. The number of rotatable bonds is 2. The van der Waals surface area contributed by atoms with Gasteiger partial charge in [-0.05, 0) is 30.0 Å². The van der Waals surface area contributed by atoms with Gasteiger partial charge in [-0.1, -0.05) is 40.2 Å². The molecule has 6 heteroatoms. The first-order valence-corrected chi connectivity index (χ1v) is 8.54. The van der Waals surface area contributed by atoms with Crippen LogP contribution in [0.5, 0.6) is 5.75 Å². The second-order valence-corrected chi connectivity index (χ2v) is 7.03. The zero-order valence-corrected chi connectivity index (χ0v) is 14.2. The lowest BCUT2D eigenvalue weighted by atomic mass is 9.77. The number of fused-ring (bicyclic) bond motifs is 3. The van der Waals surface area contributed by atoms with E-state index in [1.54, 1.807) is 18.2 Å². The normalized spacial score (nSPS) is 24.1. The van der Waals surface area contributed by atoms with Crippen molar-refractivity contribution in [1.82, 2.24) is 0 Å². The van der Waals surface area contributed by atoms with Crippen LogP contribution in [0.25, 0.3) is 0 Å². The molecule has 0 amide bonds. The molecule has 2 N–H and O–H groups in total. The average molecular weight is 387 g/mol. The van der Waals surface area contributed by atoms with Crippen molar-refractivity contribution in [1.29, 1.82) is 0 Å². The summed E-state index contributed by atoms with van der Waals surface area (Å²) >= 11 is 3.59. The molecule has 0 spiro atoms. The topological polar surface area (TPSA) is 75.4 Å². The average Bonchev–Trinajstić information content (AvgIpc) is 3.07. The van der Waals surface area contributed by atoms with Gasteiger partial charge in [-0.3, -0.25) is 10.1 Å². The molecule has 2 aromatic carbocycles. The van der Waals surface area contributed by atoms with Gasteiger partial charge in [-0.2, -0.15) is 0 Å². The molecule has 24 heavy (non-hydrogen) atoms. The van der Waals surface area contributed by atoms with E-state index < -0.39 is 4.92 Å². The highest BCUT2D eigenvalue weighted by Crippen LogP contribution is 2.54. The van der Waals surface area contributed by atoms with Crippen molar-refractivity contribution in [2.24, 2.45) is 5.92 Å². The van der Waals surface area contributed by atoms with Crippen LogP contribution in [-0.4, -0.2) is 10.0 Å². The van der Waals surface area contributed by atoms with E-state index in [0.717, 1.165) is 27.7 Å². The fourth-order valence-electron chi connectivity index (χ4n) is 3.78. The number of anilines is 1. The van der Waals surface area contributed by atoms with Gasteiger partial charge in [-0.15, -0.1) is 0 Å². The predicted molar refractivity (Wildman–Crippen MR) is 95.3 cm³/mol. The minimum absolute atomic E-state index is 0.00139. The molecule has 1 aliphatic heterocycles. The number of nitro benzene ring substituents is 1. The number of benzene rings is 2. The zero-order valence-electron chi connectivity index (χ0n) is 12.6. The number of phenolic OH excluding ortho intramolecular Hbond substituents is 1. The molecule has 0 saturated heterocycles. The summed E-state index contributed by atoms with van der Waals surface area (Å²) in [6, 6.07) is 10.2. The quantitative estimate of drug-likeness (QED) is 0.333. The summed E-state index contributed by atoms with van der Waals surface area (Å²) in [4.78, 5) is 10.5. The Hall–Kier alpha value is -2.34. The van der Waals surface area contributed by atoms with Crippen molar-refractivity contribution < 1.29 is 10.0 Å². The highest BCUT2D eigenvalue weighted by molar-refractivity contribution is 9.10. The number of allylic oxidation sites excluding steroid dienone is 2. The van der Waals surface area contributed by atoms with Crippen LogP contribution in [-0.2, 0) is 0 Å². The lowest BCUT2D eigenvalue weighted by molar-refractivity contribution is -0.384. The van der Waals surface area contributed by atoms with Gasteiger partial charge in [-0.25, -0.2) is 0 Å². The number of nitro groups is 1. The molecule has 0 saturated carbocycles. The molecule has 0 unspecified atom stereocenters. The second-order valence-electron chi connectivity index (χ2n) is 6.18. The summed E-state index contributed by atoms with van der Waals surface area (Å²) in [6.45, 7) is 0. The molecular formula is C18H15BrN2O3. The SMILES string of the molecule is O=[N+]([O-])c1ccc([C@@H]2Nc3c(O)ccc(Br)c3[C@H]3C=CC[C@@H]32)cc1. The summed E-state index contributed by atoms with van der Waals surface area (Å²) in [5, 5.41) is 24.6. The minimum atomic E-state index is -0.393. The van der Waals surface area contributed by atoms with E-state index in [9.17, 15) is 15.2 Å². The molecule has 1 aliphatic carbocycles. The summed E-state index contributed by atoms with van der Waals surface area (Å²) in [5.41, 5.74) is 2.89. The largest absolute Gasteiger partial charge is 0.506 e. The fraction of sp³-hybridized carbons (Fsp3) is 0.222. The molecule has 5 nitrogen and oxygen atoms in total. The molecular weight excluding hydrogens is 372 g/mol. The number of nitrogens with zero attached hydrogens (tertiary/aromatic N) is 1. The van der Waals surface area contributed by atoms with Gasteiger partial charge in [0.1, 0.15) is 5.75 Å². The van der Waals surface area contributed by atoms with Crippen molar-refractivity contribution in [3.63, 3.8) is 0 Å². The van der Waals surface area contributed by atoms with Crippen molar-refractivity contribution in [3.8, 4) is 5.75 Å². The molecule has 122 valence electrons. The first-order chi connectivity index (χ1) is 11.6. The standard InChI is InChI=1S/C18H15BrN2O3/c19-14-8-9-15(22)18-16(14)12-2-1-3-13(12)17(20-18)10-4-6-11(7-5-10)21(23)24/h1-2,4-9,12-13,17,20,22H,3H2/t12-,13-,17-/m0/s1. The Morgan fingerprint density at radius 1 is 1.21 bits per heavy atom. The van der Waals surface area contributed by atoms with E-state index >= 15 is 0 Å². The van der Waals surface area contributed by atoms with Crippen LogP contribution >= 0.6 is 15.9 Å². The Balaban J connectivity index is 1.78. The van der Waals surface area contributed by atoms with Crippen LogP contribution in [0.2, 0.25) is 0 Å². The van der Waals surface area contributed by atoms with E-state index in [1.165, 1.54) is 12.1 Å². The third-order valence-electron chi connectivity index (χ3n) is 4.91. The lowest BCUT2D eigenvalue weighted by Gasteiger charge is -2.38. The predicted octanol–water partition coefficient (Wildman–Crippen LogP) is 4.89. The number of hydrogen-bond donors (Lipinski definition) is 2. The van der Waals surface area contributed by atoms with E-state index in [2.05, 4.69) is 33.4 Å². The maximum atomic E-state index is 10.9. The maximum Gasteiger partial charge on any atom is 0.269 e. The van der Waals surface area contributed by atoms with Crippen molar-refractivity contribution in [2.45, 2.75) is 18.4 Å². The van der Waals surface area contributed by atoms with E-state index in [0.29, 0.717) is 5.92 Å². The summed E-state index contributed by atoms with van der Waals surface area (Å²) in [5.74, 6) is 0.749. The molecule has 0 fully saturated rings. The zero-order chi connectivity index (χ0) is 16.8. The first kappa shape index (κ1) is 15.2. The fourth-order valence-corrected chi connectivity index (χ4v) is 4.38. The Labute approximate surface area is 147 Å². The van der Waals surface area contributed by atoms with Gasteiger partial charge in [0.05, 0.1) is 16.7 Å². The van der Waals surface area contributed by atoms with Gasteiger partial charge in [0.25, 0.3) is 5.69 Å². The number of hydrogen-bond acceptors (Lipinski definition) is 4. The van der Waals surface area contributed by atoms with Crippen LogP contribution in [0.15, 0.2) is 53.0 Å². The Morgan fingerprint density at radius 3 is 2.67 bits per heavy atom. The number of non-ortho nitro benzene ring substituents is 1. The Bertz CT molecular complexity index is 848. The number of nitrogens with one attached hydrogen (secondary N) is 1. The van der Waals surface area contributed by atoms with Crippen molar-refractivity contribution in [3.05, 3.63) is 74.3 Å². The number of halogens is 1. The molecule has 0 radical (unpaired) electrons. The molecule has 2 aliphatic rings. The maximum absolute atomic E-state index is 10.9. The lowest BCUT2D eigenvalue weighted by Crippen LogP contribution is -2.29. The number of aromatic hydroxyl groups is 1. The third kappa shape index (κ3) is 2.29. The van der Waals surface area contributed by atoms with E-state index in [-0.39, 0.29) is 23.4 Å². The van der Waals surface area contributed by atoms with Gasteiger partial charge in [0.2, 0.25) is 0 Å². The van der Waals surface area contributed by atoms with Gasteiger partial charge < -0.3 is 10.4 Å². The molecule has 3 atom stereocenters. The van der Waals surface area contributed by atoms with Crippen LogP contribution in [0.3, 0.4) is 0 Å². The monoisotopic (exact) mass is 386 g/mol. The smallest absolute Gasteiger partial charge is 0.269 e. The van der Waals surface area contributed by atoms with E-state index in [4.69, 9.17) is 0 Å². The molecule has 0 bridgehead atoms. The summed E-state index contributed by atoms with van der Waals surface area (Å²) < 4.78 is 0.978. The Kier molecular flexibility index (Phi) is 3.57. The van der Waals surface area contributed by atoms with Crippen molar-refractivity contribution >= 4 is 27.3 Å².